The topological polar surface area (TPSA) is 108 Å². The van der Waals surface area contributed by atoms with Gasteiger partial charge < -0.3 is 18.9 Å². The highest BCUT2D eigenvalue weighted by Gasteiger charge is 2.27. The van der Waals surface area contributed by atoms with Gasteiger partial charge in [0.15, 0.2) is 6.10 Å². The van der Waals surface area contributed by atoms with E-state index >= 15 is 0 Å². The molecule has 0 aromatic rings. The molecule has 2 atom stereocenters. The first kappa shape index (κ1) is 54.5. The number of rotatable bonds is 42. The van der Waals surface area contributed by atoms with Crippen molar-refractivity contribution < 1.29 is 42.1 Å². The number of ether oxygens (including phenoxy) is 2. The van der Waals surface area contributed by atoms with E-state index in [0.717, 1.165) is 51.4 Å². The second-order valence-corrected chi connectivity index (χ2v) is 18.2. The number of hydrogen-bond donors (Lipinski definition) is 1. The normalized spacial score (nSPS) is 13.8. The minimum Gasteiger partial charge on any atom is -0.462 e. The summed E-state index contributed by atoms with van der Waals surface area (Å²) in [6.45, 7) is 4.33. The van der Waals surface area contributed by atoms with Crippen LogP contribution in [0, 0.1) is 0 Å². The van der Waals surface area contributed by atoms with Crippen LogP contribution in [0.15, 0.2) is 24.3 Å². The van der Waals surface area contributed by atoms with Crippen molar-refractivity contribution in [1.29, 1.82) is 0 Å². The van der Waals surface area contributed by atoms with Gasteiger partial charge in [0.1, 0.15) is 19.8 Å². The molecular weight excluding hydrogens is 725 g/mol. The number of esters is 2. The van der Waals surface area contributed by atoms with E-state index in [1.54, 1.807) is 0 Å². The van der Waals surface area contributed by atoms with Crippen molar-refractivity contribution in [3.63, 3.8) is 0 Å². The molecule has 0 heterocycles. The van der Waals surface area contributed by atoms with Crippen LogP contribution in [0.3, 0.4) is 0 Å². The Morgan fingerprint density at radius 1 is 0.554 bits per heavy atom. The van der Waals surface area contributed by atoms with Gasteiger partial charge in [-0.3, -0.25) is 18.6 Å². The Balaban J connectivity index is 3.98. The third kappa shape index (κ3) is 42.1. The zero-order chi connectivity index (χ0) is 41.4. The van der Waals surface area contributed by atoms with Crippen LogP contribution in [0.4, 0.5) is 0 Å². The lowest BCUT2D eigenvalue weighted by Crippen LogP contribution is -2.37. The highest BCUT2D eigenvalue weighted by atomic mass is 31.2. The first-order chi connectivity index (χ1) is 27.0. The Morgan fingerprint density at radius 2 is 0.964 bits per heavy atom. The van der Waals surface area contributed by atoms with Crippen LogP contribution in [0.2, 0.25) is 0 Å². The molecule has 0 spiro atoms. The molecular formula is C46H89NO8P+. The van der Waals surface area contributed by atoms with Crippen LogP contribution < -0.4 is 0 Å². The first-order valence-electron chi connectivity index (χ1n) is 23.1. The summed E-state index contributed by atoms with van der Waals surface area (Å²) in [7, 11) is 1.48. The molecule has 0 aliphatic rings. The average Bonchev–Trinajstić information content (AvgIpc) is 3.15. The van der Waals surface area contributed by atoms with E-state index in [1.165, 1.54) is 122 Å². The van der Waals surface area contributed by atoms with Gasteiger partial charge in [0.2, 0.25) is 0 Å². The maximum absolute atomic E-state index is 12.6. The highest BCUT2D eigenvalue weighted by Crippen LogP contribution is 2.43. The molecule has 0 aromatic heterocycles. The fourth-order valence-electron chi connectivity index (χ4n) is 6.34. The Kier molecular flexibility index (Phi) is 37.9. The molecule has 0 aliphatic heterocycles. The van der Waals surface area contributed by atoms with Gasteiger partial charge >= 0.3 is 19.8 Å². The quantitative estimate of drug-likeness (QED) is 0.0213. The Morgan fingerprint density at radius 3 is 1.41 bits per heavy atom. The van der Waals surface area contributed by atoms with Crippen molar-refractivity contribution in [1.82, 2.24) is 0 Å². The molecule has 0 bridgehead atoms. The molecule has 0 amide bonds. The molecule has 56 heavy (non-hydrogen) atoms. The summed E-state index contributed by atoms with van der Waals surface area (Å²) in [5, 5.41) is 0. The van der Waals surface area contributed by atoms with Crippen molar-refractivity contribution in [2.24, 2.45) is 0 Å². The Labute approximate surface area is 345 Å². The molecule has 9 nitrogen and oxygen atoms in total. The van der Waals surface area contributed by atoms with Gasteiger partial charge in [-0.25, -0.2) is 4.57 Å². The average molecular weight is 815 g/mol. The molecule has 0 aliphatic carbocycles. The standard InChI is InChI=1S/C46H88NO8P/c1-6-8-10-12-13-14-15-16-17-18-19-20-21-22-23-24-25-26-27-28-29-30-31-32-33-35-37-39-46(49)55-44(42-52-45(48)38-36-34-11-9-7-2)43-54-56(50,51)53-41-40-47(3,4)5/h15-16,18-19,44H,6-14,17,20-43H2,1-5H3/p+1/b16-15-,19-18-. The molecule has 2 unspecified atom stereocenters. The van der Waals surface area contributed by atoms with E-state index in [0.29, 0.717) is 17.4 Å². The molecule has 0 rings (SSSR count). The number of nitrogens with zero attached hydrogens (tertiary/aromatic N) is 1. The molecule has 10 heteroatoms. The number of allylic oxidation sites excluding steroid dienone is 4. The number of quaternary nitrogens is 1. The van der Waals surface area contributed by atoms with Gasteiger partial charge in [0.25, 0.3) is 0 Å². The smallest absolute Gasteiger partial charge is 0.462 e. The summed E-state index contributed by atoms with van der Waals surface area (Å²) >= 11 is 0. The van der Waals surface area contributed by atoms with Crippen molar-refractivity contribution in [2.75, 3.05) is 47.5 Å². The maximum atomic E-state index is 12.6. The zero-order valence-electron chi connectivity index (χ0n) is 37.1. The van der Waals surface area contributed by atoms with E-state index in [2.05, 4.69) is 38.2 Å². The summed E-state index contributed by atoms with van der Waals surface area (Å²) in [4.78, 5) is 35.0. The summed E-state index contributed by atoms with van der Waals surface area (Å²) < 4.78 is 34.1. The first-order valence-corrected chi connectivity index (χ1v) is 24.6. The van der Waals surface area contributed by atoms with Crippen LogP contribution in [0.5, 0.6) is 0 Å². The van der Waals surface area contributed by atoms with E-state index in [-0.39, 0.29) is 32.0 Å². The van der Waals surface area contributed by atoms with Gasteiger partial charge in [-0.2, -0.15) is 0 Å². The SMILES string of the molecule is CCCCCCC/C=C\C/C=C\CCCCCCCCCCCCCCCCCC(=O)OC(COC(=O)CCCCCCC)COP(=O)(O)OCC[N+](C)(C)C. The minimum absolute atomic E-state index is 0.0335. The lowest BCUT2D eigenvalue weighted by atomic mass is 10.0. The van der Waals surface area contributed by atoms with Crippen molar-refractivity contribution in [3.05, 3.63) is 24.3 Å². The summed E-state index contributed by atoms with van der Waals surface area (Å²) in [6.07, 6.45) is 42.9. The lowest BCUT2D eigenvalue weighted by molar-refractivity contribution is -0.870. The van der Waals surface area contributed by atoms with Gasteiger partial charge in [0.05, 0.1) is 27.7 Å². The van der Waals surface area contributed by atoms with E-state index < -0.39 is 26.5 Å². The van der Waals surface area contributed by atoms with Crippen LogP contribution in [0.1, 0.15) is 206 Å². The predicted molar refractivity (Wildman–Crippen MR) is 234 cm³/mol. The number of phosphoric acid groups is 1. The van der Waals surface area contributed by atoms with E-state index in [4.69, 9.17) is 18.5 Å². The van der Waals surface area contributed by atoms with Crippen molar-refractivity contribution in [2.45, 2.75) is 213 Å². The number of unbranched alkanes of at least 4 members (excludes halogenated alkanes) is 24. The largest absolute Gasteiger partial charge is 0.472 e. The maximum Gasteiger partial charge on any atom is 0.472 e. The zero-order valence-corrected chi connectivity index (χ0v) is 38.0. The fourth-order valence-corrected chi connectivity index (χ4v) is 7.08. The van der Waals surface area contributed by atoms with Crippen molar-refractivity contribution >= 4 is 19.8 Å². The minimum atomic E-state index is -4.36. The summed E-state index contributed by atoms with van der Waals surface area (Å²) in [5.41, 5.74) is 0. The molecule has 1 N–H and O–H groups in total. The van der Waals surface area contributed by atoms with Crippen LogP contribution in [-0.2, 0) is 32.7 Å². The molecule has 330 valence electrons. The van der Waals surface area contributed by atoms with Gasteiger partial charge in [-0.05, 0) is 44.9 Å². The summed E-state index contributed by atoms with van der Waals surface area (Å²) in [5.74, 6) is -0.807. The highest BCUT2D eigenvalue weighted by molar-refractivity contribution is 7.47. The van der Waals surface area contributed by atoms with E-state index in [9.17, 15) is 19.0 Å². The van der Waals surface area contributed by atoms with Crippen LogP contribution in [0.25, 0.3) is 0 Å². The fraction of sp³-hybridized carbons (Fsp3) is 0.870. The Bertz CT molecular complexity index is 1010. The molecule has 0 aromatic carbocycles. The van der Waals surface area contributed by atoms with Gasteiger partial charge in [-0.15, -0.1) is 0 Å². The van der Waals surface area contributed by atoms with Gasteiger partial charge in [0, 0.05) is 12.8 Å². The number of carbonyl (C=O) groups is 2. The van der Waals surface area contributed by atoms with Crippen LogP contribution >= 0.6 is 7.82 Å². The third-order valence-electron chi connectivity index (χ3n) is 9.98. The van der Waals surface area contributed by atoms with Gasteiger partial charge in [-0.1, -0.05) is 173 Å². The Hall–Kier alpha value is -1.51. The monoisotopic (exact) mass is 815 g/mol. The second kappa shape index (κ2) is 39.0. The summed E-state index contributed by atoms with van der Waals surface area (Å²) in [6, 6.07) is 0. The van der Waals surface area contributed by atoms with Crippen molar-refractivity contribution in [3.8, 4) is 0 Å². The van der Waals surface area contributed by atoms with E-state index in [1.807, 2.05) is 21.1 Å². The number of likely N-dealkylation sites (N-methyl/N-ethyl adjacent to an activating group) is 1. The number of phosphoric ester groups is 1. The molecule has 0 saturated heterocycles. The second-order valence-electron chi connectivity index (χ2n) is 16.8. The third-order valence-corrected chi connectivity index (χ3v) is 11.0. The number of hydrogen-bond acceptors (Lipinski definition) is 7. The predicted octanol–water partition coefficient (Wildman–Crippen LogP) is 13.1. The molecule has 0 fully saturated rings. The lowest BCUT2D eigenvalue weighted by Gasteiger charge is -2.24. The molecule has 0 saturated carbocycles. The van der Waals surface area contributed by atoms with Crippen LogP contribution in [-0.4, -0.2) is 74.9 Å². The molecule has 0 radical (unpaired) electrons. The number of carbonyl (C=O) groups excluding carboxylic acids is 2.